The predicted octanol–water partition coefficient (Wildman–Crippen LogP) is 1.02. The van der Waals surface area contributed by atoms with E-state index in [0.717, 1.165) is 12.8 Å². The number of nitro groups is 1. The summed E-state index contributed by atoms with van der Waals surface area (Å²) in [5.41, 5.74) is 2.46. The van der Waals surface area contributed by atoms with Gasteiger partial charge in [-0.25, -0.2) is 0 Å². The number of nitrogens with one attached hydrogen (secondary N) is 2. The van der Waals surface area contributed by atoms with E-state index in [-0.39, 0.29) is 22.8 Å². The van der Waals surface area contributed by atoms with Crippen LogP contribution in [0.5, 0.6) is 0 Å². The third-order valence-corrected chi connectivity index (χ3v) is 2.86. The molecule has 1 saturated carbocycles. The lowest BCUT2D eigenvalue weighted by molar-refractivity contribution is -0.384. The zero-order chi connectivity index (χ0) is 13.1. The number of anilines is 1. The first kappa shape index (κ1) is 12.3. The summed E-state index contributed by atoms with van der Waals surface area (Å²) in [6, 6.07) is 4.14. The van der Waals surface area contributed by atoms with Gasteiger partial charge in [-0.15, -0.1) is 0 Å². The summed E-state index contributed by atoms with van der Waals surface area (Å²) in [4.78, 5) is 22.0. The first-order valence-corrected chi connectivity index (χ1v) is 5.65. The van der Waals surface area contributed by atoms with Gasteiger partial charge in [-0.05, 0) is 30.9 Å². The van der Waals surface area contributed by atoms with Crippen LogP contribution in [0, 0.1) is 16.0 Å². The summed E-state index contributed by atoms with van der Waals surface area (Å²) >= 11 is 0. The van der Waals surface area contributed by atoms with Crippen LogP contribution in [0.1, 0.15) is 23.2 Å². The first-order chi connectivity index (χ1) is 8.61. The Morgan fingerprint density at radius 2 is 2.22 bits per heavy atom. The lowest BCUT2D eigenvalue weighted by atomic mass is 10.1. The molecule has 0 atom stereocenters. The Bertz CT molecular complexity index is 485. The fourth-order valence-corrected chi connectivity index (χ4v) is 1.61. The number of carbonyl (C=O) groups excluding carboxylic acids is 1. The Morgan fingerprint density at radius 3 is 2.78 bits per heavy atom. The minimum Gasteiger partial charge on any atom is -0.352 e. The molecule has 1 fully saturated rings. The zero-order valence-corrected chi connectivity index (χ0v) is 9.68. The van der Waals surface area contributed by atoms with Crippen LogP contribution >= 0.6 is 0 Å². The highest BCUT2D eigenvalue weighted by Gasteiger charge is 2.22. The van der Waals surface area contributed by atoms with Gasteiger partial charge in [0.05, 0.1) is 4.92 Å². The molecule has 0 bridgehead atoms. The third-order valence-electron chi connectivity index (χ3n) is 2.86. The van der Waals surface area contributed by atoms with Gasteiger partial charge in [0.15, 0.2) is 0 Å². The summed E-state index contributed by atoms with van der Waals surface area (Å²) in [7, 11) is 0. The highest BCUT2D eigenvalue weighted by molar-refractivity contribution is 5.95. The summed E-state index contributed by atoms with van der Waals surface area (Å²) in [6.07, 6.45) is 2.27. The van der Waals surface area contributed by atoms with E-state index in [2.05, 4.69) is 10.7 Å². The van der Waals surface area contributed by atoms with Gasteiger partial charge in [-0.1, -0.05) is 0 Å². The molecule has 0 spiro atoms. The van der Waals surface area contributed by atoms with Crippen LogP contribution in [0.2, 0.25) is 0 Å². The van der Waals surface area contributed by atoms with E-state index >= 15 is 0 Å². The molecule has 7 nitrogen and oxygen atoms in total. The Kier molecular flexibility index (Phi) is 3.42. The zero-order valence-electron chi connectivity index (χ0n) is 9.68. The molecule has 96 valence electrons. The monoisotopic (exact) mass is 250 g/mol. The number of amides is 1. The van der Waals surface area contributed by atoms with Crippen molar-refractivity contribution in [1.29, 1.82) is 0 Å². The van der Waals surface area contributed by atoms with Gasteiger partial charge < -0.3 is 10.7 Å². The maximum atomic E-state index is 11.8. The molecule has 1 aromatic rings. The lowest BCUT2D eigenvalue weighted by Crippen LogP contribution is -2.25. The van der Waals surface area contributed by atoms with Crippen LogP contribution < -0.4 is 16.6 Å². The number of nitrogens with two attached hydrogens (primary N) is 1. The molecular formula is C11H14N4O3. The van der Waals surface area contributed by atoms with E-state index in [1.54, 1.807) is 0 Å². The van der Waals surface area contributed by atoms with Crippen LogP contribution in [-0.2, 0) is 0 Å². The number of benzene rings is 1. The fraction of sp³-hybridized carbons (Fsp3) is 0.364. The first-order valence-electron chi connectivity index (χ1n) is 5.65. The Hall–Kier alpha value is -2.15. The number of hydrogen-bond acceptors (Lipinski definition) is 5. The maximum Gasteiger partial charge on any atom is 0.294 e. The number of nitrogens with zero attached hydrogens (tertiary/aromatic N) is 1. The van der Waals surface area contributed by atoms with E-state index in [9.17, 15) is 14.9 Å². The molecule has 1 amide bonds. The van der Waals surface area contributed by atoms with Crippen LogP contribution in [0.15, 0.2) is 18.2 Å². The summed E-state index contributed by atoms with van der Waals surface area (Å²) in [6.45, 7) is 0.628. The molecular weight excluding hydrogens is 236 g/mol. The number of hydrazine groups is 1. The van der Waals surface area contributed by atoms with Crippen LogP contribution in [0.4, 0.5) is 11.4 Å². The SMILES string of the molecule is NNc1ccc(C(=O)NCC2CC2)cc1[N+](=O)[O-]. The van der Waals surface area contributed by atoms with E-state index in [1.807, 2.05) is 0 Å². The predicted molar refractivity (Wildman–Crippen MR) is 66.0 cm³/mol. The quantitative estimate of drug-likeness (QED) is 0.410. The smallest absolute Gasteiger partial charge is 0.294 e. The van der Waals surface area contributed by atoms with Crippen molar-refractivity contribution in [2.45, 2.75) is 12.8 Å². The van der Waals surface area contributed by atoms with Gasteiger partial charge in [0.25, 0.3) is 11.6 Å². The van der Waals surface area contributed by atoms with Crippen LogP contribution in [-0.4, -0.2) is 17.4 Å². The van der Waals surface area contributed by atoms with Crippen molar-refractivity contribution in [3.05, 3.63) is 33.9 Å². The largest absolute Gasteiger partial charge is 0.352 e. The summed E-state index contributed by atoms with van der Waals surface area (Å²) in [5.74, 6) is 5.43. The number of rotatable bonds is 5. The van der Waals surface area contributed by atoms with E-state index < -0.39 is 4.92 Å². The van der Waals surface area contributed by atoms with Crippen LogP contribution in [0.25, 0.3) is 0 Å². The molecule has 4 N–H and O–H groups in total. The minimum absolute atomic E-state index is 0.179. The second-order valence-corrected chi connectivity index (χ2v) is 4.29. The molecule has 1 aromatic carbocycles. The Balaban J connectivity index is 2.14. The second kappa shape index (κ2) is 5.01. The summed E-state index contributed by atoms with van der Waals surface area (Å²) < 4.78 is 0. The topological polar surface area (TPSA) is 110 Å². The molecule has 1 aliphatic carbocycles. The van der Waals surface area contributed by atoms with Crippen molar-refractivity contribution < 1.29 is 9.72 Å². The fourth-order valence-electron chi connectivity index (χ4n) is 1.61. The van der Waals surface area contributed by atoms with E-state index in [1.165, 1.54) is 18.2 Å². The third kappa shape index (κ3) is 2.75. The molecule has 0 saturated heterocycles. The van der Waals surface area contributed by atoms with Crippen molar-refractivity contribution in [2.75, 3.05) is 12.0 Å². The molecule has 0 aliphatic heterocycles. The number of hydrogen-bond donors (Lipinski definition) is 3. The van der Waals surface area contributed by atoms with Gasteiger partial charge in [0, 0.05) is 18.2 Å². The van der Waals surface area contributed by atoms with Crippen LogP contribution in [0.3, 0.4) is 0 Å². The molecule has 2 rings (SSSR count). The van der Waals surface area contributed by atoms with E-state index in [0.29, 0.717) is 12.5 Å². The standard InChI is InChI=1S/C11H14N4O3/c12-14-9-4-3-8(5-10(9)15(17)18)11(16)13-6-7-1-2-7/h3-5,7,14H,1-2,6,12H2,(H,13,16). The number of carbonyl (C=O) groups is 1. The minimum atomic E-state index is -0.577. The van der Waals surface area contributed by atoms with Crippen molar-refractivity contribution in [3.8, 4) is 0 Å². The average Bonchev–Trinajstić information content (AvgIpc) is 3.19. The highest BCUT2D eigenvalue weighted by atomic mass is 16.6. The Labute approximate surface area is 103 Å². The molecule has 1 aliphatic rings. The van der Waals surface area contributed by atoms with Crippen molar-refractivity contribution in [3.63, 3.8) is 0 Å². The van der Waals surface area contributed by atoms with Gasteiger partial charge in [-0.3, -0.25) is 20.8 Å². The van der Waals surface area contributed by atoms with E-state index in [4.69, 9.17) is 5.84 Å². The molecule has 0 unspecified atom stereocenters. The number of nitro benzene ring substituents is 1. The maximum absolute atomic E-state index is 11.8. The van der Waals surface area contributed by atoms with Crippen molar-refractivity contribution in [1.82, 2.24) is 5.32 Å². The van der Waals surface area contributed by atoms with Gasteiger partial charge >= 0.3 is 0 Å². The lowest BCUT2D eigenvalue weighted by Gasteiger charge is -2.06. The molecule has 0 aromatic heterocycles. The summed E-state index contributed by atoms with van der Waals surface area (Å²) in [5, 5.41) is 13.6. The Morgan fingerprint density at radius 1 is 1.50 bits per heavy atom. The van der Waals surface area contributed by atoms with Gasteiger partial charge in [0.2, 0.25) is 0 Å². The molecule has 18 heavy (non-hydrogen) atoms. The van der Waals surface area contributed by atoms with Crippen molar-refractivity contribution in [2.24, 2.45) is 11.8 Å². The van der Waals surface area contributed by atoms with Gasteiger partial charge in [-0.2, -0.15) is 0 Å². The number of nitrogen functional groups attached to an aromatic ring is 1. The average molecular weight is 250 g/mol. The normalized spacial score (nSPS) is 14.1. The molecule has 0 radical (unpaired) electrons. The molecule has 7 heteroatoms. The highest BCUT2D eigenvalue weighted by Crippen LogP contribution is 2.28. The molecule has 0 heterocycles. The van der Waals surface area contributed by atoms with Gasteiger partial charge in [0.1, 0.15) is 5.69 Å². The second-order valence-electron chi connectivity index (χ2n) is 4.29. The van der Waals surface area contributed by atoms with Crippen molar-refractivity contribution >= 4 is 17.3 Å².